The summed E-state index contributed by atoms with van der Waals surface area (Å²) >= 11 is 0. The first kappa shape index (κ1) is 24.6. The second-order valence-electron chi connectivity index (χ2n) is 8.34. The van der Waals surface area contributed by atoms with Crippen LogP contribution < -0.4 is 15.6 Å². The molecule has 2 amide bonds. The number of primary amides is 1. The van der Waals surface area contributed by atoms with Crippen molar-refractivity contribution < 1.29 is 32.0 Å². The molecule has 1 saturated carbocycles. The van der Waals surface area contributed by atoms with Gasteiger partial charge in [-0.3, -0.25) is 5.21 Å². The lowest BCUT2D eigenvalue weighted by molar-refractivity contribution is -0.0854. The Hall–Kier alpha value is -3.48. The maximum Gasteiger partial charge on any atom is 0.338 e. The summed E-state index contributed by atoms with van der Waals surface area (Å²) in [4.78, 5) is 15.9. The Bertz CT molecular complexity index is 1330. The van der Waals surface area contributed by atoms with E-state index in [0.29, 0.717) is 59.2 Å². The number of carbonyl (C=O) groups is 1. The zero-order valence-corrected chi connectivity index (χ0v) is 19.7. The summed E-state index contributed by atoms with van der Waals surface area (Å²) in [7, 11) is -2.51. The Kier molecular flexibility index (Phi) is 6.79. The van der Waals surface area contributed by atoms with E-state index >= 15 is 0 Å². The van der Waals surface area contributed by atoms with Gasteiger partial charge in [0.15, 0.2) is 23.2 Å². The summed E-state index contributed by atoms with van der Waals surface area (Å²) in [5.41, 5.74) is 6.52. The molecular formula is C23H25FN4O6S. The van der Waals surface area contributed by atoms with E-state index in [1.807, 2.05) is 0 Å². The zero-order chi connectivity index (χ0) is 25.3. The van der Waals surface area contributed by atoms with Crippen molar-refractivity contribution >= 4 is 16.1 Å². The molecule has 3 aromatic rings. The minimum Gasteiger partial charge on any atom is -0.494 e. The summed E-state index contributed by atoms with van der Waals surface area (Å²) < 4.78 is 48.9. The lowest BCUT2D eigenvalue weighted by Crippen LogP contribution is -2.42. The SMILES string of the molecule is COc1ccc(-c2nc(C3CCC(N(O)C(N)=O)CC3)oc2-c2ccc(S(N)(=O)=O)cc2)cc1F. The largest absolute Gasteiger partial charge is 0.494 e. The number of urea groups is 1. The second-order valence-corrected chi connectivity index (χ2v) is 9.90. The Morgan fingerprint density at radius 3 is 2.31 bits per heavy atom. The van der Waals surface area contributed by atoms with E-state index in [-0.39, 0.29) is 22.6 Å². The number of hydrogen-bond donors (Lipinski definition) is 3. The lowest BCUT2D eigenvalue weighted by atomic mass is 9.86. The molecule has 186 valence electrons. The highest BCUT2D eigenvalue weighted by Crippen LogP contribution is 2.40. The van der Waals surface area contributed by atoms with Crippen LogP contribution in [0.2, 0.25) is 0 Å². The highest BCUT2D eigenvalue weighted by Gasteiger charge is 2.31. The van der Waals surface area contributed by atoms with Crippen molar-refractivity contribution in [2.45, 2.75) is 42.5 Å². The van der Waals surface area contributed by atoms with Crippen LogP contribution >= 0.6 is 0 Å². The molecule has 0 spiro atoms. The highest BCUT2D eigenvalue weighted by atomic mass is 32.2. The van der Waals surface area contributed by atoms with Gasteiger partial charge in [0, 0.05) is 17.0 Å². The fourth-order valence-electron chi connectivity index (χ4n) is 4.26. The van der Waals surface area contributed by atoms with Crippen LogP contribution in [0.5, 0.6) is 5.75 Å². The van der Waals surface area contributed by atoms with Gasteiger partial charge in [0.25, 0.3) is 0 Å². The number of halogens is 1. The van der Waals surface area contributed by atoms with Crippen molar-refractivity contribution in [1.82, 2.24) is 10.0 Å². The van der Waals surface area contributed by atoms with Crippen molar-refractivity contribution in [3.63, 3.8) is 0 Å². The molecule has 12 heteroatoms. The summed E-state index contributed by atoms with van der Waals surface area (Å²) in [6.45, 7) is 0. The minimum atomic E-state index is -3.87. The van der Waals surface area contributed by atoms with Gasteiger partial charge in [-0.25, -0.2) is 32.8 Å². The Balaban J connectivity index is 1.71. The topological polar surface area (TPSA) is 162 Å². The van der Waals surface area contributed by atoms with Crippen LogP contribution in [-0.4, -0.2) is 42.9 Å². The molecule has 0 saturated heterocycles. The average molecular weight is 505 g/mol. The maximum atomic E-state index is 14.5. The molecule has 1 aliphatic rings. The van der Waals surface area contributed by atoms with Gasteiger partial charge < -0.3 is 14.9 Å². The molecule has 4 rings (SSSR count). The first-order valence-corrected chi connectivity index (χ1v) is 12.4. The zero-order valence-electron chi connectivity index (χ0n) is 18.8. The number of rotatable bonds is 6. The predicted molar refractivity (Wildman–Crippen MR) is 123 cm³/mol. The van der Waals surface area contributed by atoms with Crippen molar-refractivity contribution in [2.24, 2.45) is 10.9 Å². The number of primary sulfonamides is 1. The number of nitrogens with zero attached hydrogens (tertiary/aromatic N) is 2. The molecule has 0 unspecified atom stereocenters. The highest BCUT2D eigenvalue weighted by molar-refractivity contribution is 7.89. The third-order valence-corrected chi connectivity index (χ3v) is 7.06. The molecule has 5 N–H and O–H groups in total. The lowest BCUT2D eigenvalue weighted by Gasteiger charge is -2.30. The molecule has 2 aromatic carbocycles. The molecule has 1 fully saturated rings. The fraction of sp³-hybridized carbons (Fsp3) is 0.304. The number of ether oxygens (including phenoxy) is 1. The number of amides is 2. The van der Waals surface area contributed by atoms with Crippen LogP contribution in [-0.2, 0) is 10.0 Å². The van der Waals surface area contributed by atoms with Gasteiger partial charge in [0.2, 0.25) is 10.0 Å². The number of hydroxylamine groups is 2. The van der Waals surface area contributed by atoms with Gasteiger partial charge >= 0.3 is 6.03 Å². The molecule has 0 aliphatic heterocycles. The van der Waals surface area contributed by atoms with E-state index in [4.69, 9.17) is 20.0 Å². The summed E-state index contributed by atoms with van der Waals surface area (Å²) in [5, 5.41) is 15.6. The van der Waals surface area contributed by atoms with Crippen LogP contribution in [0.15, 0.2) is 51.8 Å². The van der Waals surface area contributed by atoms with Crippen LogP contribution in [0.1, 0.15) is 37.5 Å². The van der Waals surface area contributed by atoms with E-state index in [1.54, 1.807) is 18.2 Å². The predicted octanol–water partition coefficient (Wildman–Crippen LogP) is 3.60. The van der Waals surface area contributed by atoms with Crippen LogP contribution in [0.3, 0.4) is 0 Å². The Morgan fingerprint density at radius 2 is 1.77 bits per heavy atom. The Morgan fingerprint density at radius 1 is 1.14 bits per heavy atom. The van der Waals surface area contributed by atoms with E-state index in [2.05, 4.69) is 4.98 Å². The van der Waals surface area contributed by atoms with Gasteiger partial charge in [-0.15, -0.1) is 0 Å². The van der Waals surface area contributed by atoms with Gasteiger partial charge in [0.05, 0.1) is 18.0 Å². The molecule has 0 radical (unpaired) electrons. The average Bonchev–Trinajstić information content (AvgIpc) is 3.28. The number of nitrogens with two attached hydrogens (primary N) is 2. The van der Waals surface area contributed by atoms with Crippen LogP contribution in [0.25, 0.3) is 22.6 Å². The van der Waals surface area contributed by atoms with E-state index < -0.39 is 21.9 Å². The number of sulfonamides is 1. The number of methoxy groups -OCH3 is 1. The molecule has 0 atom stereocenters. The number of carbonyl (C=O) groups excluding carboxylic acids is 1. The van der Waals surface area contributed by atoms with Crippen LogP contribution in [0, 0.1) is 5.82 Å². The first-order chi connectivity index (χ1) is 16.6. The molecule has 35 heavy (non-hydrogen) atoms. The minimum absolute atomic E-state index is 0.0561. The molecule has 1 aromatic heterocycles. The maximum absolute atomic E-state index is 14.5. The van der Waals surface area contributed by atoms with E-state index in [9.17, 15) is 22.8 Å². The van der Waals surface area contributed by atoms with Crippen molar-refractivity contribution in [3.8, 4) is 28.3 Å². The van der Waals surface area contributed by atoms with Crippen LogP contribution in [0.4, 0.5) is 9.18 Å². The monoisotopic (exact) mass is 504 g/mol. The Labute approximate surface area is 201 Å². The number of benzene rings is 2. The molecule has 0 bridgehead atoms. The summed E-state index contributed by atoms with van der Waals surface area (Å²) in [5.74, 6) is 0.169. The molecule has 1 heterocycles. The fourth-order valence-corrected chi connectivity index (χ4v) is 4.77. The van der Waals surface area contributed by atoms with Gasteiger partial charge in [-0.2, -0.15) is 0 Å². The van der Waals surface area contributed by atoms with E-state index in [0.717, 1.165) is 0 Å². The smallest absolute Gasteiger partial charge is 0.338 e. The van der Waals surface area contributed by atoms with E-state index in [1.165, 1.54) is 31.4 Å². The van der Waals surface area contributed by atoms with Crippen molar-refractivity contribution in [2.75, 3.05) is 7.11 Å². The molecule has 1 aliphatic carbocycles. The third kappa shape index (κ3) is 5.14. The normalized spacial score (nSPS) is 18.3. The van der Waals surface area contributed by atoms with Crippen molar-refractivity contribution in [3.05, 3.63) is 54.2 Å². The van der Waals surface area contributed by atoms with Crippen molar-refractivity contribution in [1.29, 1.82) is 0 Å². The second kappa shape index (κ2) is 9.64. The number of hydrogen-bond acceptors (Lipinski definition) is 7. The quantitative estimate of drug-likeness (QED) is 0.341. The first-order valence-electron chi connectivity index (χ1n) is 10.8. The number of aromatic nitrogens is 1. The molecule has 10 nitrogen and oxygen atoms in total. The molecular weight excluding hydrogens is 479 g/mol. The number of oxazole rings is 1. The summed E-state index contributed by atoms with van der Waals surface area (Å²) in [6.07, 6.45) is 2.15. The van der Waals surface area contributed by atoms with Gasteiger partial charge in [-0.05, 0) is 68.1 Å². The third-order valence-electron chi connectivity index (χ3n) is 6.13. The van der Waals surface area contributed by atoms with Gasteiger partial charge in [0.1, 0.15) is 5.69 Å². The standard InChI is InChI=1S/C23H25FN4O6S/c1-33-19-11-6-15(12-18(19)24)20-21(13-4-9-17(10-5-13)35(26,31)32)34-22(27-20)14-2-7-16(8-3-14)28(30)23(25)29/h4-6,9-12,14,16,30H,2-3,7-8H2,1H3,(H2,25,29)(H2,26,31,32). The van der Waals surface area contributed by atoms with Gasteiger partial charge in [-0.1, -0.05) is 0 Å². The summed E-state index contributed by atoms with van der Waals surface area (Å²) in [6, 6.07) is 8.93.